The Labute approximate surface area is 150 Å². The van der Waals surface area contributed by atoms with Gasteiger partial charge in [-0.1, -0.05) is 0 Å². The van der Waals surface area contributed by atoms with Crippen molar-refractivity contribution in [2.45, 2.75) is 37.8 Å². The third kappa shape index (κ3) is 4.06. The number of carbonyl (C=O) groups excluding carboxylic acids is 3. The van der Waals surface area contributed by atoms with Crippen LogP contribution in [0.2, 0.25) is 0 Å². The lowest BCUT2D eigenvalue weighted by atomic mass is 9.99. The lowest BCUT2D eigenvalue weighted by Gasteiger charge is -2.29. The van der Waals surface area contributed by atoms with Crippen LogP contribution in [-0.4, -0.2) is 72.5 Å². The maximum absolute atomic E-state index is 12.3. The van der Waals surface area contributed by atoms with Crippen LogP contribution >= 0.6 is 0 Å². The summed E-state index contributed by atoms with van der Waals surface area (Å²) in [5.41, 5.74) is 4.70. The highest BCUT2D eigenvalue weighted by Gasteiger charge is 2.49. The Bertz CT molecular complexity index is 693. The fourth-order valence-electron chi connectivity index (χ4n) is 3.49. The molecule has 13 heteroatoms. The van der Waals surface area contributed by atoms with Gasteiger partial charge in [0.05, 0.1) is 12.0 Å². The third-order valence-corrected chi connectivity index (χ3v) is 5.13. The van der Waals surface area contributed by atoms with Crippen LogP contribution in [0.5, 0.6) is 0 Å². The molecule has 0 aromatic rings. The smallest absolute Gasteiger partial charge is 0.316 e. The maximum atomic E-state index is 12.3. The van der Waals surface area contributed by atoms with Gasteiger partial charge in [0.1, 0.15) is 6.04 Å². The van der Waals surface area contributed by atoms with Crippen molar-refractivity contribution in [1.29, 1.82) is 0 Å². The van der Waals surface area contributed by atoms with Crippen molar-refractivity contribution < 1.29 is 31.6 Å². The molecule has 0 radical (unpaired) electrons. The molecule has 12 nitrogen and oxygen atoms in total. The number of nitrogens with one attached hydrogen (secondary N) is 3. The van der Waals surface area contributed by atoms with E-state index in [1.807, 2.05) is 0 Å². The number of nitrogens with zero attached hydrogens (tertiary/aromatic N) is 2. The Morgan fingerprint density at radius 1 is 1.19 bits per heavy atom. The van der Waals surface area contributed by atoms with Crippen molar-refractivity contribution in [2.75, 3.05) is 19.6 Å². The van der Waals surface area contributed by atoms with Crippen LogP contribution in [0.3, 0.4) is 0 Å². The minimum atomic E-state index is -4.84. The number of rotatable bonds is 4. The molecule has 2 bridgehead atoms. The number of hydrogen-bond donors (Lipinski definition) is 4. The van der Waals surface area contributed by atoms with Crippen LogP contribution in [0.4, 0.5) is 4.79 Å². The molecule has 0 spiro atoms. The van der Waals surface area contributed by atoms with E-state index >= 15 is 0 Å². The molecular formula is C13H21N5O7S. The molecule has 3 rings (SSSR count). The zero-order valence-electron chi connectivity index (χ0n) is 13.9. The molecule has 3 aliphatic heterocycles. The van der Waals surface area contributed by atoms with Crippen LogP contribution in [0.1, 0.15) is 25.7 Å². The molecular weight excluding hydrogens is 370 g/mol. The molecule has 3 saturated heterocycles. The summed E-state index contributed by atoms with van der Waals surface area (Å²) in [6.45, 7) is 1.49. The number of piperidine rings is 2. The fourth-order valence-corrected chi connectivity index (χ4v) is 3.88. The maximum Gasteiger partial charge on any atom is 0.418 e. The van der Waals surface area contributed by atoms with Gasteiger partial charge in [0, 0.05) is 13.1 Å². The highest BCUT2D eigenvalue weighted by Crippen LogP contribution is 2.30. The molecule has 26 heavy (non-hydrogen) atoms. The van der Waals surface area contributed by atoms with Gasteiger partial charge in [-0.2, -0.15) is 13.5 Å². The zero-order valence-corrected chi connectivity index (χ0v) is 14.7. The quantitative estimate of drug-likeness (QED) is 0.321. The molecule has 0 aromatic carbocycles. The first kappa shape index (κ1) is 18.8. The summed E-state index contributed by atoms with van der Waals surface area (Å²) in [6, 6.07) is -2.26. The summed E-state index contributed by atoms with van der Waals surface area (Å²) in [5.74, 6) is -1.10. The van der Waals surface area contributed by atoms with E-state index in [0.717, 1.165) is 24.3 Å². The van der Waals surface area contributed by atoms with E-state index in [-0.39, 0.29) is 24.8 Å². The summed E-state index contributed by atoms with van der Waals surface area (Å²) < 4.78 is 34.8. The fraction of sp³-hybridized carbons (Fsp3) is 0.769. The Kier molecular flexibility index (Phi) is 5.32. The van der Waals surface area contributed by atoms with Gasteiger partial charge in [-0.15, -0.1) is 4.28 Å². The number of fused-ring (bicyclic) bond motifs is 2. The van der Waals surface area contributed by atoms with E-state index < -0.39 is 34.4 Å². The first-order valence-corrected chi connectivity index (χ1v) is 9.70. The standard InChI is InChI=1S/C13H21N5O7S/c19-11(8-2-1-5-14-6-8)15-16-12(20)10-4-3-9-7-17(10)13(21)18(9)25-26(22,23)24/h8-10,14H,1-7H2,(H,15,19)(H,16,20)(H,22,23,24)/t8?,9-,10+/m0/s1. The third-order valence-electron chi connectivity index (χ3n) is 4.78. The van der Waals surface area contributed by atoms with Crippen LogP contribution in [0.15, 0.2) is 0 Å². The number of amides is 4. The van der Waals surface area contributed by atoms with E-state index in [1.54, 1.807) is 0 Å². The van der Waals surface area contributed by atoms with Crippen LogP contribution in [0, 0.1) is 5.92 Å². The number of carbonyl (C=O) groups is 3. The average molecular weight is 391 g/mol. The molecule has 3 heterocycles. The lowest BCUT2D eigenvalue weighted by Crippen LogP contribution is -2.55. The van der Waals surface area contributed by atoms with Gasteiger partial charge >= 0.3 is 16.4 Å². The van der Waals surface area contributed by atoms with Gasteiger partial charge in [-0.3, -0.25) is 25.0 Å². The summed E-state index contributed by atoms with van der Waals surface area (Å²) >= 11 is 0. The van der Waals surface area contributed by atoms with Crippen LogP contribution < -0.4 is 16.2 Å². The molecule has 146 valence electrons. The van der Waals surface area contributed by atoms with Crippen molar-refractivity contribution in [3.05, 3.63) is 0 Å². The minimum absolute atomic E-state index is 0.0902. The molecule has 3 fully saturated rings. The van der Waals surface area contributed by atoms with Gasteiger partial charge in [0.15, 0.2) is 0 Å². The summed E-state index contributed by atoms with van der Waals surface area (Å²) in [7, 11) is -4.84. The summed E-state index contributed by atoms with van der Waals surface area (Å²) in [4.78, 5) is 37.8. The van der Waals surface area contributed by atoms with Crippen LogP contribution in [-0.2, 0) is 24.3 Å². The Morgan fingerprint density at radius 3 is 2.58 bits per heavy atom. The second-order valence-corrected chi connectivity index (χ2v) is 7.54. The molecule has 3 aliphatic rings. The zero-order chi connectivity index (χ0) is 18.9. The summed E-state index contributed by atoms with van der Waals surface area (Å²) in [6.07, 6.45) is 2.19. The Hall–Kier alpha value is -1.96. The monoisotopic (exact) mass is 391 g/mol. The predicted octanol–water partition coefficient (Wildman–Crippen LogP) is -1.86. The second kappa shape index (κ2) is 7.34. The molecule has 4 amide bonds. The molecule has 3 atom stereocenters. The molecule has 0 aromatic heterocycles. The molecule has 4 N–H and O–H groups in total. The van der Waals surface area contributed by atoms with Gasteiger partial charge in [-0.05, 0) is 32.2 Å². The SMILES string of the molecule is O=C(NNC(=O)[C@H]1CC[C@H]2CN1C(=O)N2OS(=O)(=O)O)C1CCCNC1. The second-order valence-electron chi connectivity index (χ2n) is 6.53. The van der Waals surface area contributed by atoms with E-state index in [1.165, 1.54) is 0 Å². The normalized spacial score (nSPS) is 28.8. The number of hydrogen-bond acceptors (Lipinski definition) is 7. The molecule has 0 saturated carbocycles. The van der Waals surface area contributed by atoms with Crippen molar-refractivity contribution in [2.24, 2.45) is 5.92 Å². The van der Waals surface area contributed by atoms with Gasteiger partial charge in [-0.25, -0.2) is 4.79 Å². The number of hydroxylamine groups is 2. The first-order chi connectivity index (χ1) is 12.3. The van der Waals surface area contributed by atoms with Crippen LogP contribution in [0.25, 0.3) is 0 Å². The van der Waals surface area contributed by atoms with E-state index in [4.69, 9.17) is 4.55 Å². The topological polar surface area (TPSA) is 157 Å². The minimum Gasteiger partial charge on any atom is -0.316 e. The Morgan fingerprint density at radius 2 is 1.92 bits per heavy atom. The van der Waals surface area contributed by atoms with Gasteiger partial charge < -0.3 is 10.2 Å². The van der Waals surface area contributed by atoms with Gasteiger partial charge in [0.2, 0.25) is 5.91 Å². The van der Waals surface area contributed by atoms with Gasteiger partial charge in [0.25, 0.3) is 5.91 Å². The van der Waals surface area contributed by atoms with Crippen molar-refractivity contribution in [3.8, 4) is 0 Å². The molecule has 1 unspecified atom stereocenters. The predicted molar refractivity (Wildman–Crippen MR) is 85.3 cm³/mol. The van der Waals surface area contributed by atoms with Crippen molar-refractivity contribution >= 4 is 28.2 Å². The van der Waals surface area contributed by atoms with E-state index in [0.29, 0.717) is 18.0 Å². The van der Waals surface area contributed by atoms with E-state index in [9.17, 15) is 22.8 Å². The highest BCUT2D eigenvalue weighted by atomic mass is 32.3. The highest BCUT2D eigenvalue weighted by molar-refractivity contribution is 7.80. The van der Waals surface area contributed by atoms with Crippen molar-refractivity contribution in [3.63, 3.8) is 0 Å². The summed E-state index contributed by atoms with van der Waals surface area (Å²) in [5, 5.41) is 3.67. The number of hydrazine groups is 1. The molecule has 0 aliphatic carbocycles. The average Bonchev–Trinajstić information content (AvgIpc) is 2.84. The lowest BCUT2D eigenvalue weighted by molar-refractivity contribution is -0.133. The Balaban J connectivity index is 1.56. The van der Waals surface area contributed by atoms with E-state index in [2.05, 4.69) is 20.5 Å². The largest absolute Gasteiger partial charge is 0.418 e. The van der Waals surface area contributed by atoms with Crippen molar-refractivity contribution in [1.82, 2.24) is 26.1 Å². The number of urea groups is 1. The first-order valence-electron chi connectivity index (χ1n) is 8.33.